The zero-order chi connectivity index (χ0) is 41.2. The van der Waals surface area contributed by atoms with E-state index >= 15 is 0 Å². The average molecular weight is 854 g/mol. The molecule has 6 aromatic rings. The second-order valence-electron chi connectivity index (χ2n) is 17.0. The van der Waals surface area contributed by atoms with E-state index in [-0.39, 0.29) is 0 Å². The Labute approximate surface area is 365 Å². The summed E-state index contributed by atoms with van der Waals surface area (Å²) >= 11 is 7.27. The second kappa shape index (κ2) is 21.6. The average Bonchev–Trinajstić information content (AvgIpc) is 4.02. The van der Waals surface area contributed by atoms with Crippen LogP contribution in [0.2, 0.25) is 0 Å². The molecule has 312 valence electrons. The number of hydrogen-bond donors (Lipinski definition) is 0. The van der Waals surface area contributed by atoms with Crippen LogP contribution in [0.15, 0.2) is 24.3 Å². The fraction of sp³-hybridized carbons (Fsp3) is 0.580. The lowest BCUT2D eigenvalue weighted by atomic mass is 9.91. The van der Waals surface area contributed by atoms with Gasteiger partial charge in [-0.05, 0) is 75.5 Å². The van der Waals surface area contributed by atoms with E-state index in [1.165, 1.54) is 143 Å². The fourth-order valence-electron chi connectivity index (χ4n) is 8.52. The molecule has 0 bridgehead atoms. The van der Waals surface area contributed by atoms with Crippen LogP contribution >= 0.6 is 45.3 Å². The van der Waals surface area contributed by atoms with Crippen molar-refractivity contribution in [1.82, 2.24) is 9.97 Å². The topological polar surface area (TPSA) is 58.8 Å². The highest BCUT2D eigenvalue weighted by atomic mass is 32.1. The maximum Gasteiger partial charge on any atom is 0.139 e. The fourth-order valence-corrected chi connectivity index (χ4v) is 13.1. The van der Waals surface area contributed by atoms with Crippen molar-refractivity contribution in [1.29, 1.82) is 5.26 Å². The van der Waals surface area contributed by atoms with Gasteiger partial charge in [0.15, 0.2) is 0 Å². The molecule has 0 spiro atoms. The predicted octanol–water partition coefficient (Wildman–Crippen LogP) is 17.3. The third kappa shape index (κ3) is 10.7. The van der Waals surface area contributed by atoms with E-state index < -0.39 is 0 Å². The molecule has 0 aliphatic heterocycles. The number of unbranched alkanes of at least 4 members (excludes halogenated alkanes) is 6. The lowest BCUT2D eigenvalue weighted by Crippen LogP contribution is -2.12. The molecular weight excluding hydrogens is 787 g/mol. The van der Waals surface area contributed by atoms with Crippen molar-refractivity contribution in [3.05, 3.63) is 51.0 Å². The van der Waals surface area contributed by atoms with Gasteiger partial charge in [-0.1, -0.05) is 125 Å². The summed E-state index contributed by atoms with van der Waals surface area (Å²) in [7, 11) is 0. The first-order chi connectivity index (χ1) is 28.2. The number of aryl methyl sites for hydroxylation is 2. The number of aromatic nitrogens is 2. The first-order valence-electron chi connectivity index (χ1n) is 22.6. The molecule has 0 saturated carbocycles. The molecule has 4 nitrogen and oxygen atoms in total. The van der Waals surface area contributed by atoms with Gasteiger partial charge < -0.3 is 4.74 Å². The molecule has 1 aromatic carbocycles. The van der Waals surface area contributed by atoms with Crippen LogP contribution in [0.4, 0.5) is 0 Å². The minimum Gasteiger partial charge on any atom is -0.492 e. The molecule has 5 heterocycles. The van der Waals surface area contributed by atoms with E-state index in [0.717, 1.165) is 56.4 Å². The van der Waals surface area contributed by atoms with Crippen LogP contribution in [0.3, 0.4) is 0 Å². The first kappa shape index (κ1) is 44.7. The van der Waals surface area contributed by atoms with Crippen molar-refractivity contribution in [2.24, 2.45) is 17.8 Å². The largest absolute Gasteiger partial charge is 0.492 e. The number of rotatable bonds is 24. The minimum atomic E-state index is 0.543. The molecule has 0 N–H and O–H groups in total. The molecule has 0 amide bonds. The van der Waals surface area contributed by atoms with Crippen LogP contribution < -0.4 is 4.74 Å². The standard InChI is InChI=1S/C50H67N3OS4/c1-9-14-18-19-23-36(22-17-12-4)31-54-42-29-44(58-50(42)47-37(30-51)25-33(7)55-47)43-28-39-46-45(38-26-34(8)56-48(38)49(39)57-43)52-40(24-32(6)20-15-10-2)41(53-46)27-35(13-5)21-16-11-3/h25-26,28-29,32,35-36H,9-24,27,31H2,1-8H3. The van der Waals surface area contributed by atoms with Crippen LogP contribution in [0.25, 0.3) is 50.7 Å². The first-order valence-corrected chi connectivity index (χ1v) is 25.9. The maximum absolute atomic E-state index is 10.2. The Bertz CT molecular complexity index is 2280. The third-order valence-corrected chi connectivity index (χ3v) is 16.9. The number of nitriles is 1. The van der Waals surface area contributed by atoms with E-state index in [2.05, 4.69) is 79.7 Å². The number of thiophene rings is 4. The van der Waals surface area contributed by atoms with E-state index in [1.807, 2.05) is 28.7 Å². The van der Waals surface area contributed by atoms with E-state index in [4.69, 9.17) is 14.7 Å². The van der Waals surface area contributed by atoms with E-state index in [1.54, 1.807) is 22.7 Å². The quantitative estimate of drug-likeness (QED) is 0.0569. The van der Waals surface area contributed by atoms with Crippen molar-refractivity contribution in [2.75, 3.05) is 6.61 Å². The number of benzene rings is 1. The van der Waals surface area contributed by atoms with Gasteiger partial charge in [-0.25, -0.2) is 9.97 Å². The number of fused-ring (bicyclic) bond motifs is 6. The number of ether oxygens (including phenoxy) is 1. The van der Waals surface area contributed by atoms with Crippen LogP contribution in [0.1, 0.15) is 165 Å². The Morgan fingerprint density at radius 1 is 0.621 bits per heavy atom. The Kier molecular flexibility index (Phi) is 16.7. The molecule has 3 atom stereocenters. The number of hydrogen-bond acceptors (Lipinski definition) is 8. The Morgan fingerprint density at radius 3 is 1.91 bits per heavy atom. The van der Waals surface area contributed by atoms with E-state index in [9.17, 15) is 5.26 Å². The molecule has 0 aliphatic rings. The van der Waals surface area contributed by atoms with Gasteiger partial charge in [0.1, 0.15) is 11.8 Å². The van der Waals surface area contributed by atoms with Crippen LogP contribution in [0.5, 0.6) is 5.75 Å². The second-order valence-corrected chi connectivity index (χ2v) is 21.6. The number of nitrogens with zero attached hydrogens (tertiary/aromatic N) is 3. The molecule has 6 rings (SSSR count). The molecule has 0 aliphatic carbocycles. The van der Waals surface area contributed by atoms with Crippen molar-refractivity contribution in [2.45, 2.75) is 165 Å². The molecule has 5 aromatic heterocycles. The lowest BCUT2D eigenvalue weighted by Gasteiger charge is -2.19. The van der Waals surface area contributed by atoms with Gasteiger partial charge in [0.25, 0.3) is 0 Å². The van der Waals surface area contributed by atoms with Gasteiger partial charge in [-0.2, -0.15) is 5.26 Å². The maximum atomic E-state index is 10.2. The van der Waals surface area contributed by atoms with E-state index in [0.29, 0.717) is 17.8 Å². The molecule has 0 fully saturated rings. The van der Waals surface area contributed by atoms with Crippen LogP contribution in [0, 0.1) is 42.9 Å². The van der Waals surface area contributed by atoms with Crippen molar-refractivity contribution in [3.63, 3.8) is 0 Å². The highest BCUT2D eigenvalue weighted by molar-refractivity contribution is 7.31. The summed E-state index contributed by atoms with van der Waals surface area (Å²) in [4.78, 5) is 18.4. The van der Waals surface area contributed by atoms with Gasteiger partial charge in [0.2, 0.25) is 0 Å². The van der Waals surface area contributed by atoms with Gasteiger partial charge in [0.05, 0.1) is 53.7 Å². The summed E-state index contributed by atoms with van der Waals surface area (Å²) in [5.74, 6) is 2.67. The molecule has 3 unspecified atom stereocenters. The summed E-state index contributed by atoms with van der Waals surface area (Å²) in [5.41, 5.74) is 5.31. The minimum absolute atomic E-state index is 0.543. The zero-order valence-electron chi connectivity index (χ0n) is 36.7. The van der Waals surface area contributed by atoms with Gasteiger partial charge in [-0.3, -0.25) is 0 Å². The molecule has 8 heteroatoms. The predicted molar refractivity (Wildman–Crippen MR) is 258 cm³/mol. The molecular formula is C50H67N3OS4. The Morgan fingerprint density at radius 2 is 1.22 bits per heavy atom. The van der Waals surface area contributed by atoms with Crippen LogP contribution in [-0.2, 0) is 12.8 Å². The molecule has 0 radical (unpaired) electrons. The van der Waals surface area contributed by atoms with Gasteiger partial charge in [0, 0.05) is 36.3 Å². The van der Waals surface area contributed by atoms with Crippen molar-refractivity contribution >= 4 is 76.6 Å². The summed E-state index contributed by atoms with van der Waals surface area (Å²) in [6.07, 6.45) is 20.6. The van der Waals surface area contributed by atoms with Gasteiger partial charge in [-0.15, -0.1) is 45.3 Å². The Balaban J connectivity index is 1.47. The molecule has 58 heavy (non-hydrogen) atoms. The summed E-state index contributed by atoms with van der Waals surface area (Å²) in [6, 6.07) is 11.6. The lowest BCUT2D eigenvalue weighted by molar-refractivity contribution is 0.226. The zero-order valence-corrected chi connectivity index (χ0v) is 39.9. The molecule has 0 saturated heterocycles. The normalized spacial score (nSPS) is 13.5. The van der Waals surface area contributed by atoms with Crippen molar-refractivity contribution in [3.8, 4) is 31.3 Å². The van der Waals surface area contributed by atoms with Gasteiger partial charge >= 0.3 is 0 Å². The summed E-state index contributed by atoms with van der Waals surface area (Å²) in [6.45, 7) is 19.0. The van der Waals surface area contributed by atoms with Crippen LogP contribution in [-0.4, -0.2) is 16.6 Å². The van der Waals surface area contributed by atoms with Crippen molar-refractivity contribution < 1.29 is 4.74 Å². The SMILES string of the molecule is CCCCCCC(CCCC)COc1cc(-c2cc3c4nc(CC(CC)CCCC)c(CC(C)CCCC)nc4c4cc(C)sc4c3s2)sc1-c1sc(C)cc1C#N. The highest BCUT2D eigenvalue weighted by Crippen LogP contribution is 2.51. The highest BCUT2D eigenvalue weighted by Gasteiger charge is 2.25. The smallest absolute Gasteiger partial charge is 0.139 e. The monoisotopic (exact) mass is 853 g/mol. The summed E-state index contributed by atoms with van der Waals surface area (Å²) < 4.78 is 9.53. The summed E-state index contributed by atoms with van der Waals surface area (Å²) in [5, 5.41) is 12.7. The third-order valence-electron chi connectivity index (χ3n) is 12.0. The Hall–Kier alpha value is -2.83.